The standard InChI is InChI=1S/C13H17N3O5/c1-20-11-5-9(10(16(18)19)6-12(11)21-2)13(17)15-8-3-4-14-7-8/h5-6,8,14H,3-4,7H2,1-2H3,(H,15,17). The maximum absolute atomic E-state index is 12.3. The maximum atomic E-state index is 12.3. The third kappa shape index (κ3) is 3.22. The molecule has 21 heavy (non-hydrogen) atoms. The molecule has 1 aromatic carbocycles. The van der Waals surface area contributed by atoms with Crippen LogP contribution in [0.2, 0.25) is 0 Å². The van der Waals surface area contributed by atoms with Gasteiger partial charge in [-0.3, -0.25) is 14.9 Å². The Bertz CT molecular complexity index is 555. The second-order valence-corrected chi connectivity index (χ2v) is 4.64. The lowest BCUT2D eigenvalue weighted by atomic mass is 10.1. The summed E-state index contributed by atoms with van der Waals surface area (Å²) in [6.45, 7) is 1.48. The first kappa shape index (κ1) is 15.0. The first-order valence-corrected chi connectivity index (χ1v) is 6.48. The number of carbonyl (C=O) groups is 1. The summed E-state index contributed by atoms with van der Waals surface area (Å²) in [4.78, 5) is 22.8. The number of nitro benzene ring substituents is 1. The van der Waals surface area contributed by atoms with Crippen molar-refractivity contribution >= 4 is 11.6 Å². The molecule has 1 aromatic rings. The van der Waals surface area contributed by atoms with Gasteiger partial charge in [0.1, 0.15) is 5.56 Å². The first-order chi connectivity index (χ1) is 10.1. The minimum atomic E-state index is -0.607. The molecule has 0 bridgehead atoms. The molecule has 1 saturated heterocycles. The third-order valence-electron chi connectivity index (χ3n) is 3.34. The van der Waals surface area contributed by atoms with Crippen molar-refractivity contribution in [1.29, 1.82) is 0 Å². The van der Waals surface area contributed by atoms with Crippen LogP contribution >= 0.6 is 0 Å². The Balaban J connectivity index is 2.35. The lowest BCUT2D eigenvalue weighted by molar-refractivity contribution is -0.385. The maximum Gasteiger partial charge on any atom is 0.286 e. The number of methoxy groups -OCH3 is 2. The SMILES string of the molecule is COc1cc(C(=O)NC2CCNC2)c([N+](=O)[O-])cc1OC. The fourth-order valence-corrected chi connectivity index (χ4v) is 2.24. The summed E-state index contributed by atoms with van der Waals surface area (Å²) in [7, 11) is 2.79. The van der Waals surface area contributed by atoms with Crippen LogP contribution in [0.1, 0.15) is 16.8 Å². The molecule has 1 amide bonds. The van der Waals surface area contributed by atoms with Gasteiger partial charge in [0, 0.05) is 18.7 Å². The van der Waals surface area contributed by atoms with Gasteiger partial charge < -0.3 is 20.1 Å². The number of hydrogen-bond donors (Lipinski definition) is 2. The van der Waals surface area contributed by atoms with Gasteiger partial charge in [0.15, 0.2) is 11.5 Å². The van der Waals surface area contributed by atoms with Crippen molar-refractivity contribution in [3.8, 4) is 11.5 Å². The minimum Gasteiger partial charge on any atom is -0.493 e. The molecular weight excluding hydrogens is 278 g/mol. The largest absolute Gasteiger partial charge is 0.493 e. The second kappa shape index (κ2) is 6.40. The summed E-state index contributed by atoms with van der Waals surface area (Å²) in [5.74, 6) is -0.00238. The van der Waals surface area contributed by atoms with Gasteiger partial charge in [-0.1, -0.05) is 0 Å². The normalized spacial score (nSPS) is 17.3. The van der Waals surface area contributed by atoms with E-state index in [0.717, 1.165) is 13.0 Å². The molecule has 1 unspecified atom stereocenters. The average molecular weight is 295 g/mol. The highest BCUT2D eigenvalue weighted by Gasteiger charge is 2.26. The van der Waals surface area contributed by atoms with Crippen LogP contribution in [-0.4, -0.2) is 44.2 Å². The smallest absolute Gasteiger partial charge is 0.286 e. The number of rotatable bonds is 5. The molecule has 1 fully saturated rings. The van der Waals surface area contributed by atoms with E-state index >= 15 is 0 Å². The molecular formula is C13H17N3O5. The minimum absolute atomic E-state index is 0.0230. The first-order valence-electron chi connectivity index (χ1n) is 6.48. The van der Waals surface area contributed by atoms with Gasteiger partial charge in [-0.15, -0.1) is 0 Å². The van der Waals surface area contributed by atoms with Crippen molar-refractivity contribution in [3.63, 3.8) is 0 Å². The summed E-state index contributed by atoms with van der Waals surface area (Å²) < 4.78 is 10.1. The highest BCUT2D eigenvalue weighted by Crippen LogP contribution is 2.34. The lowest BCUT2D eigenvalue weighted by Gasteiger charge is -2.13. The van der Waals surface area contributed by atoms with Gasteiger partial charge in [-0.25, -0.2) is 0 Å². The van der Waals surface area contributed by atoms with Crippen molar-refractivity contribution in [2.45, 2.75) is 12.5 Å². The summed E-state index contributed by atoms with van der Waals surface area (Å²) in [5.41, 5.74) is -0.347. The van der Waals surface area contributed by atoms with E-state index in [0.29, 0.717) is 6.54 Å². The van der Waals surface area contributed by atoms with Crippen LogP contribution in [0.5, 0.6) is 11.5 Å². The zero-order chi connectivity index (χ0) is 15.4. The second-order valence-electron chi connectivity index (χ2n) is 4.64. The Morgan fingerprint density at radius 2 is 2.05 bits per heavy atom. The van der Waals surface area contributed by atoms with E-state index in [1.54, 1.807) is 0 Å². The van der Waals surface area contributed by atoms with E-state index in [4.69, 9.17) is 9.47 Å². The molecule has 2 N–H and O–H groups in total. The zero-order valence-corrected chi connectivity index (χ0v) is 11.8. The molecule has 0 radical (unpaired) electrons. The Morgan fingerprint density at radius 3 is 2.57 bits per heavy atom. The van der Waals surface area contributed by atoms with Gasteiger partial charge in [0.05, 0.1) is 25.2 Å². The molecule has 114 valence electrons. The number of ether oxygens (including phenoxy) is 2. The van der Waals surface area contributed by atoms with Crippen molar-refractivity contribution in [1.82, 2.24) is 10.6 Å². The van der Waals surface area contributed by atoms with Crippen LogP contribution in [0.25, 0.3) is 0 Å². The Labute approximate surface area is 121 Å². The number of nitro groups is 1. The summed E-state index contributed by atoms with van der Waals surface area (Å²) in [6.07, 6.45) is 0.798. The highest BCUT2D eigenvalue weighted by molar-refractivity contribution is 5.99. The van der Waals surface area contributed by atoms with Crippen LogP contribution in [0.4, 0.5) is 5.69 Å². The monoisotopic (exact) mass is 295 g/mol. The van der Waals surface area contributed by atoms with E-state index in [9.17, 15) is 14.9 Å². The summed E-state index contributed by atoms with van der Waals surface area (Å²) in [6, 6.07) is 2.50. The molecule has 0 saturated carbocycles. The van der Waals surface area contributed by atoms with Gasteiger partial charge in [-0.2, -0.15) is 0 Å². The number of amides is 1. The molecule has 2 rings (SSSR count). The van der Waals surface area contributed by atoms with Crippen LogP contribution in [0, 0.1) is 10.1 Å². The van der Waals surface area contributed by atoms with E-state index < -0.39 is 10.8 Å². The molecule has 1 atom stereocenters. The van der Waals surface area contributed by atoms with Gasteiger partial charge in [-0.05, 0) is 13.0 Å². The molecule has 1 aliphatic rings. The predicted octanol–water partition coefficient (Wildman–Crippen LogP) is 0.704. The van der Waals surface area contributed by atoms with Crippen LogP contribution in [0.3, 0.4) is 0 Å². The van der Waals surface area contributed by atoms with Crippen molar-refractivity contribution in [2.24, 2.45) is 0 Å². The number of hydrogen-bond acceptors (Lipinski definition) is 6. The van der Waals surface area contributed by atoms with Gasteiger partial charge in [0.25, 0.3) is 11.6 Å². The Hall–Kier alpha value is -2.35. The molecule has 1 aliphatic heterocycles. The van der Waals surface area contributed by atoms with Crippen molar-refractivity contribution in [3.05, 3.63) is 27.8 Å². The quantitative estimate of drug-likeness (QED) is 0.612. The van der Waals surface area contributed by atoms with E-state index in [-0.39, 0.29) is 28.8 Å². The van der Waals surface area contributed by atoms with Crippen molar-refractivity contribution in [2.75, 3.05) is 27.3 Å². The molecule has 8 heteroatoms. The number of nitrogens with zero attached hydrogens (tertiary/aromatic N) is 1. The van der Waals surface area contributed by atoms with Crippen LogP contribution < -0.4 is 20.1 Å². The molecule has 0 aromatic heterocycles. The van der Waals surface area contributed by atoms with Crippen molar-refractivity contribution < 1.29 is 19.2 Å². The Morgan fingerprint density at radius 1 is 1.38 bits per heavy atom. The molecule has 8 nitrogen and oxygen atoms in total. The lowest BCUT2D eigenvalue weighted by Crippen LogP contribution is -2.36. The fourth-order valence-electron chi connectivity index (χ4n) is 2.24. The topological polar surface area (TPSA) is 103 Å². The molecule has 1 heterocycles. The van der Waals surface area contributed by atoms with Gasteiger partial charge >= 0.3 is 0 Å². The average Bonchev–Trinajstić information content (AvgIpc) is 2.98. The van der Waals surface area contributed by atoms with Gasteiger partial charge in [0.2, 0.25) is 0 Å². The molecule has 0 spiro atoms. The van der Waals surface area contributed by atoms with Crippen LogP contribution in [0.15, 0.2) is 12.1 Å². The summed E-state index contributed by atoms with van der Waals surface area (Å²) >= 11 is 0. The third-order valence-corrected chi connectivity index (χ3v) is 3.34. The van der Waals surface area contributed by atoms with E-state index in [1.807, 2.05) is 0 Å². The van der Waals surface area contributed by atoms with Crippen LogP contribution in [-0.2, 0) is 0 Å². The zero-order valence-electron chi connectivity index (χ0n) is 11.8. The summed E-state index contributed by atoms with van der Waals surface area (Å²) in [5, 5.41) is 17.0. The number of carbonyl (C=O) groups excluding carboxylic acids is 1. The highest BCUT2D eigenvalue weighted by atomic mass is 16.6. The Kier molecular flexibility index (Phi) is 4.59. The van der Waals surface area contributed by atoms with E-state index in [1.165, 1.54) is 26.4 Å². The van der Waals surface area contributed by atoms with E-state index in [2.05, 4.69) is 10.6 Å². The number of benzene rings is 1. The molecule has 0 aliphatic carbocycles. The fraction of sp³-hybridized carbons (Fsp3) is 0.462. The number of nitrogens with one attached hydrogen (secondary N) is 2. The predicted molar refractivity (Wildman–Crippen MR) is 74.9 cm³/mol.